The maximum absolute atomic E-state index is 4.27. The first-order valence-corrected chi connectivity index (χ1v) is 6.99. The quantitative estimate of drug-likeness (QED) is 0.892. The standard InChI is InChI=1S/C14H17BrN4/c1-4-16-13-12(15)14(18-8-17-13)19-11-6-5-9(2)7-10(11)3/h5-8H,4H2,1-3H3,(H2,16,17,18,19). The molecule has 2 rings (SSSR count). The zero-order valence-corrected chi connectivity index (χ0v) is 12.9. The Kier molecular flexibility index (Phi) is 4.37. The molecule has 1 aromatic carbocycles. The number of rotatable bonds is 4. The van der Waals surface area contributed by atoms with Gasteiger partial charge in [0.2, 0.25) is 0 Å². The fourth-order valence-corrected chi connectivity index (χ4v) is 2.27. The van der Waals surface area contributed by atoms with Crippen LogP contribution in [0.2, 0.25) is 0 Å². The van der Waals surface area contributed by atoms with Crippen LogP contribution >= 0.6 is 15.9 Å². The number of nitrogens with zero attached hydrogens (tertiary/aromatic N) is 2. The summed E-state index contributed by atoms with van der Waals surface area (Å²) in [5.74, 6) is 1.56. The lowest BCUT2D eigenvalue weighted by atomic mass is 10.1. The molecular weight excluding hydrogens is 304 g/mol. The highest BCUT2D eigenvalue weighted by molar-refractivity contribution is 9.10. The molecule has 5 heteroatoms. The van der Waals surface area contributed by atoms with Crippen LogP contribution in [0.4, 0.5) is 17.3 Å². The van der Waals surface area contributed by atoms with Gasteiger partial charge in [0.15, 0.2) is 0 Å². The summed E-state index contributed by atoms with van der Waals surface area (Å²) >= 11 is 3.53. The van der Waals surface area contributed by atoms with E-state index in [4.69, 9.17) is 0 Å². The predicted molar refractivity (Wildman–Crippen MR) is 83.1 cm³/mol. The summed E-state index contributed by atoms with van der Waals surface area (Å²) in [6.45, 7) is 7.01. The highest BCUT2D eigenvalue weighted by Gasteiger charge is 2.09. The van der Waals surface area contributed by atoms with Gasteiger partial charge in [-0.25, -0.2) is 9.97 Å². The number of aryl methyl sites for hydroxylation is 2. The van der Waals surface area contributed by atoms with Crippen molar-refractivity contribution in [3.8, 4) is 0 Å². The van der Waals surface area contributed by atoms with Crippen LogP contribution in [0.1, 0.15) is 18.1 Å². The summed E-state index contributed by atoms with van der Waals surface area (Å²) in [5.41, 5.74) is 3.49. The Morgan fingerprint density at radius 2 is 1.89 bits per heavy atom. The number of benzene rings is 1. The lowest BCUT2D eigenvalue weighted by molar-refractivity contribution is 1.10. The summed E-state index contributed by atoms with van der Waals surface area (Å²) < 4.78 is 0.844. The van der Waals surface area contributed by atoms with Gasteiger partial charge < -0.3 is 10.6 Å². The minimum absolute atomic E-state index is 0.762. The smallest absolute Gasteiger partial charge is 0.150 e. The van der Waals surface area contributed by atoms with Crippen LogP contribution in [-0.2, 0) is 0 Å². The Bertz CT molecular complexity index is 584. The molecule has 4 nitrogen and oxygen atoms in total. The molecule has 1 heterocycles. The maximum Gasteiger partial charge on any atom is 0.150 e. The molecule has 0 aliphatic heterocycles. The van der Waals surface area contributed by atoms with Crippen LogP contribution in [-0.4, -0.2) is 16.5 Å². The highest BCUT2D eigenvalue weighted by Crippen LogP contribution is 2.30. The van der Waals surface area contributed by atoms with E-state index in [1.165, 1.54) is 11.1 Å². The topological polar surface area (TPSA) is 49.8 Å². The molecule has 0 amide bonds. The Morgan fingerprint density at radius 3 is 2.58 bits per heavy atom. The molecule has 0 radical (unpaired) electrons. The van der Waals surface area contributed by atoms with Crippen molar-refractivity contribution in [2.75, 3.05) is 17.2 Å². The third-order valence-corrected chi connectivity index (χ3v) is 3.52. The van der Waals surface area contributed by atoms with E-state index in [1.54, 1.807) is 6.33 Å². The highest BCUT2D eigenvalue weighted by atomic mass is 79.9. The zero-order valence-electron chi connectivity index (χ0n) is 11.3. The summed E-state index contributed by atoms with van der Waals surface area (Å²) in [7, 11) is 0. The first-order chi connectivity index (χ1) is 9.11. The summed E-state index contributed by atoms with van der Waals surface area (Å²) in [4.78, 5) is 8.47. The van der Waals surface area contributed by atoms with Crippen LogP contribution in [0.3, 0.4) is 0 Å². The van der Waals surface area contributed by atoms with Gasteiger partial charge in [-0.1, -0.05) is 17.7 Å². The molecular formula is C14H17BrN4. The predicted octanol–water partition coefficient (Wildman–Crippen LogP) is 4.03. The normalized spacial score (nSPS) is 10.3. The second-order valence-electron chi connectivity index (χ2n) is 4.36. The van der Waals surface area contributed by atoms with Crippen LogP contribution in [0.25, 0.3) is 0 Å². The third-order valence-electron chi connectivity index (χ3n) is 2.77. The minimum atomic E-state index is 0.762. The Labute approximate surface area is 121 Å². The molecule has 0 spiro atoms. The summed E-state index contributed by atoms with van der Waals surface area (Å²) in [6.07, 6.45) is 1.55. The second kappa shape index (κ2) is 6.02. The molecule has 2 N–H and O–H groups in total. The van der Waals surface area contributed by atoms with E-state index < -0.39 is 0 Å². The molecule has 0 bridgehead atoms. The van der Waals surface area contributed by atoms with Crippen LogP contribution in [0.5, 0.6) is 0 Å². The molecule has 0 atom stereocenters. The fraction of sp³-hybridized carbons (Fsp3) is 0.286. The fourth-order valence-electron chi connectivity index (χ4n) is 1.83. The van der Waals surface area contributed by atoms with Gasteiger partial charge >= 0.3 is 0 Å². The van der Waals surface area contributed by atoms with Crippen molar-refractivity contribution in [2.24, 2.45) is 0 Å². The van der Waals surface area contributed by atoms with Gasteiger partial charge in [-0.2, -0.15) is 0 Å². The first-order valence-electron chi connectivity index (χ1n) is 6.20. The SMILES string of the molecule is CCNc1ncnc(Nc2ccc(C)cc2C)c1Br. The molecule has 0 aliphatic carbocycles. The lowest BCUT2D eigenvalue weighted by Crippen LogP contribution is -2.04. The third kappa shape index (κ3) is 3.23. The van der Waals surface area contributed by atoms with E-state index in [0.29, 0.717) is 0 Å². The van der Waals surface area contributed by atoms with Crippen LogP contribution < -0.4 is 10.6 Å². The van der Waals surface area contributed by atoms with Gasteiger partial charge in [0.1, 0.15) is 22.4 Å². The lowest BCUT2D eigenvalue weighted by Gasteiger charge is -2.12. The Balaban J connectivity index is 2.30. The van der Waals surface area contributed by atoms with Gasteiger partial charge in [0, 0.05) is 12.2 Å². The van der Waals surface area contributed by atoms with E-state index in [9.17, 15) is 0 Å². The largest absolute Gasteiger partial charge is 0.369 e. The monoisotopic (exact) mass is 320 g/mol. The van der Waals surface area contributed by atoms with Crippen molar-refractivity contribution >= 4 is 33.3 Å². The molecule has 0 fully saturated rings. The molecule has 0 unspecified atom stereocenters. The molecule has 100 valence electrons. The van der Waals surface area contributed by atoms with Crippen molar-refractivity contribution in [2.45, 2.75) is 20.8 Å². The van der Waals surface area contributed by atoms with Crippen LogP contribution in [0, 0.1) is 13.8 Å². The van der Waals surface area contributed by atoms with E-state index in [2.05, 4.69) is 68.6 Å². The molecule has 2 aromatic rings. The zero-order chi connectivity index (χ0) is 13.8. The van der Waals surface area contributed by atoms with E-state index in [-0.39, 0.29) is 0 Å². The number of halogens is 1. The Morgan fingerprint density at radius 1 is 1.16 bits per heavy atom. The van der Waals surface area contributed by atoms with Crippen molar-refractivity contribution in [3.05, 3.63) is 40.1 Å². The molecule has 0 saturated heterocycles. The first kappa shape index (κ1) is 13.8. The van der Waals surface area contributed by atoms with Gasteiger partial charge in [-0.15, -0.1) is 0 Å². The van der Waals surface area contributed by atoms with Crippen molar-refractivity contribution in [1.82, 2.24) is 9.97 Å². The van der Waals surface area contributed by atoms with Crippen molar-refractivity contribution < 1.29 is 0 Å². The second-order valence-corrected chi connectivity index (χ2v) is 5.15. The van der Waals surface area contributed by atoms with Crippen molar-refractivity contribution in [1.29, 1.82) is 0 Å². The van der Waals surface area contributed by atoms with Gasteiger partial charge in [-0.05, 0) is 48.3 Å². The maximum atomic E-state index is 4.27. The number of anilines is 3. The summed E-state index contributed by atoms with van der Waals surface area (Å²) in [6, 6.07) is 6.28. The van der Waals surface area contributed by atoms with Gasteiger partial charge in [-0.3, -0.25) is 0 Å². The van der Waals surface area contributed by atoms with E-state index in [0.717, 1.165) is 28.3 Å². The number of aromatic nitrogens is 2. The van der Waals surface area contributed by atoms with Gasteiger partial charge in [0.25, 0.3) is 0 Å². The average Bonchev–Trinajstić information content (AvgIpc) is 2.37. The molecule has 0 aliphatic rings. The van der Waals surface area contributed by atoms with Gasteiger partial charge in [0.05, 0.1) is 0 Å². The summed E-state index contributed by atoms with van der Waals surface area (Å²) in [5, 5.41) is 6.52. The Hall–Kier alpha value is -1.62. The van der Waals surface area contributed by atoms with Crippen LogP contribution in [0.15, 0.2) is 29.0 Å². The number of nitrogens with one attached hydrogen (secondary N) is 2. The number of hydrogen-bond donors (Lipinski definition) is 2. The molecule has 19 heavy (non-hydrogen) atoms. The van der Waals surface area contributed by atoms with Crippen molar-refractivity contribution in [3.63, 3.8) is 0 Å². The molecule has 1 aromatic heterocycles. The van der Waals surface area contributed by atoms with E-state index >= 15 is 0 Å². The average molecular weight is 321 g/mol. The minimum Gasteiger partial charge on any atom is -0.369 e. The molecule has 0 saturated carbocycles. The van der Waals surface area contributed by atoms with E-state index in [1.807, 2.05) is 6.92 Å². The number of hydrogen-bond acceptors (Lipinski definition) is 4.